The van der Waals surface area contributed by atoms with E-state index in [4.69, 9.17) is 5.11 Å². The summed E-state index contributed by atoms with van der Waals surface area (Å²) in [4.78, 5) is 10.3. The highest BCUT2D eigenvalue weighted by molar-refractivity contribution is 9.10. The summed E-state index contributed by atoms with van der Waals surface area (Å²) in [5.41, 5.74) is 0.889. The molecule has 0 spiro atoms. The molecule has 1 aromatic carbocycles. The Balaban J connectivity index is 2.44. The second-order valence-corrected chi connectivity index (χ2v) is 4.11. The summed E-state index contributed by atoms with van der Waals surface area (Å²) in [6, 6.07) is 4.89. The number of halogens is 2. The summed E-state index contributed by atoms with van der Waals surface area (Å²) >= 11 is 3.17. The van der Waals surface area contributed by atoms with Crippen molar-refractivity contribution in [1.29, 1.82) is 0 Å². The van der Waals surface area contributed by atoms with Gasteiger partial charge in [-0.1, -0.05) is 12.1 Å². The Kier molecular flexibility index (Phi) is 4.75. The maximum Gasteiger partial charge on any atom is 0.303 e. The van der Waals surface area contributed by atoms with Gasteiger partial charge in [-0.15, -0.1) is 0 Å². The van der Waals surface area contributed by atoms with Gasteiger partial charge in [-0.25, -0.2) is 4.39 Å². The number of aryl methyl sites for hydroxylation is 1. The Morgan fingerprint density at radius 3 is 2.80 bits per heavy atom. The van der Waals surface area contributed by atoms with Crippen molar-refractivity contribution in [3.63, 3.8) is 0 Å². The highest BCUT2D eigenvalue weighted by Gasteiger charge is 2.05. The standard InChI is InChI=1S/C11H12BrFO2/c12-11-8(5-3-6-9(11)13)4-1-2-7-10(14)15/h3,5-6H,1-2,4,7H2,(H,14,15). The van der Waals surface area contributed by atoms with E-state index >= 15 is 0 Å². The summed E-state index contributed by atoms with van der Waals surface area (Å²) in [5.74, 6) is -1.06. The minimum absolute atomic E-state index is 0.174. The molecule has 82 valence electrons. The van der Waals surface area contributed by atoms with Crippen molar-refractivity contribution in [2.24, 2.45) is 0 Å². The summed E-state index contributed by atoms with van der Waals surface area (Å²) in [6.07, 6.45) is 2.26. The number of carbonyl (C=O) groups is 1. The topological polar surface area (TPSA) is 37.3 Å². The van der Waals surface area contributed by atoms with Gasteiger partial charge in [-0.3, -0.25) is 4.79 Å². The molecule has 0 aromatic heterocycles. The third kappa shape index (κ3) is 4.00. The van der Waals surface area contributed by atoms with Crippen LogP contribution in [0.5, 0.6) is 0 Å². The Morgan fingerprint density at radius 1 is 1.40 bits per heavy atom. The Bertz CT molecular complexity index is 352. The van der Waals surface area contributed by atoms with Gasteiger partial charge in [0, 0.05) is 6.42 Å². The number of carboxylic acid groups (broad SMARTS) is 1. The predicted octanol–water partition coefficient (Wildman–Crippen LogP) is 3.39. The second kappa shape index (κ2) is 5.85. The second-order valence-electron chi connectivity index (χ2n) is 3.31. The number of carboxylic acids is 1. The number of benzene rings is 1. The van der Waals surface area contributed by atoms with Gasteiger partial charge in [0.1, 0.15) is 5.82 Å². The monoisotopic (exact) mass is 274 g/mol. The average molecular weight is 275 g/mol. The van der Waals surface area contributed by atoms with Gasteiger partial charge in [0.15, 0.2) is 0 Å². The van der Waals surface area contributed by atoms with Crippen LogP contribution < -0.4 is 0 Å². The third-order valence-electron chi connectivity index (χ3n) is 2.12. The first-order valence-corrected chi connectivity index (χ1v) is 5.55. The van der Waals surface area contributed by atoms with Gasteiger partial charge in [0.05, 0.1) is 4.47 Å². The van der Waals surface area contributed by atoms with Gasteiger partial charge in [0.2, 0.25) is 0 Å². The molecule has 0 heterocycles. The molecule has 0 unspecified atom stereocenters. The quantitative estimate of drug-likeness (QED) is 0.836. The van der Waals surface area contributed by atoms with E-state index in [0.29, 0.717) is 17.3 Å². The lowest BCUT2D eigenvalue weighted by atomic mass is 10.1. The Hall–Kier alpha value is -0.900. The molecule has 0 atom stereocenters. The highest BCUT2D eigenvalue weighted by atomic mass is 79.9. The molecule has 0 fully saturated rings. The van der Waals surface area contributed by atoms with Crippen molar-refractivity contribution in [1.82, 2.24) is 0 Å². The molecule has 4 heteroatoms. The lowest BCUT2D eigenvalue weighted by molar-refractivity contribution is -0.137. The molecule has 0 saturated heterocycles. The van der Waals surface area contributed by atoms with Gasteiger partial charge in [-0.05, 0) is 46.8 Å². The van der Waals surface area contributed by atoms with Gasteiger partial charge in [0.25, 0.3) is 0 Å². The fraction of sp³-hybridized carbons (Fsp3) is 0.364. The smallest absolute Gasteiger partial charge is 0.303 e. The van der Waals surface area contributed by atoms with Crippen molar-refractivity contribution >= 4 is 21.9 Å². The minimum atomic E-state index is -0.784. The van der Waals surface area contributed by atoms with E-state index in [-0.39, 0.29) is 12.2 Å². The summed E-state index contributed by atoms with van der Waals surface area (Å²) in [7, 11) is 0. The van der Waals surface area contributed by atoms with Crippen molar-refractivity contribution in [2.75, 3.05) is 0 Å². The lowest BCUT2D eigenvalue weighted by Crippen LogP contribution is -1.95. The molecule has 15 heavy (non-hydrogen) atoms. The van der Waals surface area contributed by atoms with Crippen LogP contribution >= 0.6 is 15.9 Å². The highest BCUT2D eigenvalue weighted by Crippen LogP contribution is 2.22. The SMILES string of the molecule is O=C(O)CCCCc1cccc(F)c1Br. The van der Waals surface area contributed by atoms with E-state index in [1.165, 1.54) is 6.07 Å². The lowest BCUT2D eigenvalue weighted by Gasteiger charge is -2.04. The molecular weight excluding hydrogens is 263 g/mol. The normalized spacial score (nSPS) is 10.3. The molecule has 0 bridgehead atoms. The van der Waals surface area contributed by atoms with E-state index in [1.54, 1.807) is 6.07 Å². The van der Waals surface area contributed by atoms with Crippen LogP contribution in [0.4, 0.5) is 4.39 Å². The van der Waals surface area contributed by atoms with Crippen molar-refractivity contribution < 1.29 is 14.3 Å². The van der Waals surface area contributed by atoms with Crippen LogP contribution in [0.3, 0.4) is 0 Å². The third-order valence-corrected chi connectivity index (χ3v) is 3.01. The van der Waals surface area contributed by atoms with Crippen LogP contribution in [0.15, 0.2) is 22.7 Å². The zero-order chi connectivity index (χ0) is 11.3. The van der Waals surface area contributed by atoms with E-state index < -0.39 is 5.97 Å². The Labute approximate surface area is 96.2 Å². The van der Waals surface area contributed by atoms with Crippen molar-refractivity contribution in [2.45, 2.75) is 25.7 Å². The molecule has 0 radical (unpaired) electrons. The van der Waals surface area contributed by atoms with Gasteiger partial charge >= 0.3 is 5.97 Å². The fourth-order valence-corrected chi connectivity index (χ4v) is 1.80. The van der Waals surface area contributed by atoms with Gasteiger partial charge in [-0.2, -0.15) is 0 Å². The van der Waals surface area contributed by atoms with Crippen LogP contribution in [-0.4, -0.2) is 11.1 Å². The van der Waals surface area contributed by atoms with E-state index in [1.807, 2.05) is 6.07 Å². The summed E-state index contributed by atoms with van der Waals surface area (Å²) in [5, 5.41) is 8.44. The molecule has 0 aliphatic rings. The zero-order valence-electron chi connectivity index (χ0n) is 8.17. The summed E-state index contributed by atoms with van der Waals surface area (Å²) in [6.45, 7) is 0. The van der Waals surface area contributed by atoms with E-state index in [9.17, 15) is 9.18 Å². The van der Waals surface area contributed by atoms with Gasteiger partial charge < -0.3 is 5.11 Å². The largest absolute Gasteiger partial charge is 0.481 e. The zero-order valence-corrected chi connectivity index (χ0v) is 9.76. The molecule has 0 amide bonds. The number of unbranched alkanes of at least 4 members (excludes halogenated alkanes) is 1. The predicted molar refractivity (Wildman–Crippen MR) is 59.3 cm³/mol. The molecule has 1 aromatic rings. The summed E-state index contributed by atoms with van der Waals surface area (Å²) < 4.78 is 13.6. The molecule has 0 aliphatic carbocycles. The van der Waals surface area contributed by atoms with Crippen LogP contribution in [0, 0.1) is 5.82 Å². The van der Waals surface area contributed by atoms with Crippen molar-refractivity contribution in [3.8, 4) is 0 Å². The number of rotatable bonds is 5. The maximum atomic E-state index is 13.1. The Morgan fingerprint density at radius 2 is 2.13 bits per heavy atom. The first-order chi connectivity index (χ1) is 7.11. The van der Waals surface area contributed by atoms with E-state index in [2.05, 4.69) is 15.9 Å². The number of hydrogen-bond donors (Lipinski definition) is 1. The minimum Gasteiger partial charge on any atom is -0.481 e. The van der Waals surface area contributed by atoms with Crippen molar-refractivity contribution in [3.05, 3.63) is 34.1 Å². The molecule has 2 nitrogen and oxygen atoms in total. The molecule has 1 rings (SSSR count). The maximum absolute atomic E-state index is 13.1. The van der Waals surface area contributed by atoms with Crippen LogP contribution in [0.2, 0.25) is 0 Å². The van der Waals surface area contributed by atoms with Crippen LogP contribution in [-0.2, 0) is 11.2 Å². The van der Waals surface area contributed by atoms with E-state index in [0.717, 1.165) is 12.0 Å². The molecule has 0 saturated carbocycles. The fourth-order valence-electron chi connectivity index (χ4n) is 1.33. The number of aliphatic carboxylic acids is 1. The number of hydrogen-bond acceptors (Lipinski definition) is 1. The molecule has 1 N–H and O–H groups in total. The first kappa shape index (κ1) is 12.2. The molecular formula is C11H12BrFO2. The van der Waals surface area contributed by atoms with Crippen LogP contribution in [0.1, 0.15) is 24.8 Å². The first-order valence-electron chi connectivity index (χ1n) is 4.76. The average Bonchev–Trinajstić information content (AvgIpc) is 2.18. The van der Waals surface area contributed by atoms with Crippen LogP contribution in [0.25, 0.3) is 0 Å². The molecule has 0 aliphatic heterocycles.